The van der Waals surface area contributed by atoms with Crippen LogP contribution in [-0.2, 0) is 13.7 Å². The number of aryl methyl sites for hydroxylation is 2. The maximum Gasteiger partial charge on any atom is 0.243 e. The first-order chi connectivity index (χ1) is 29.0. The number of hydrogen-bond donors (Lipinski definition) is 2. The summed E-state index contributed by atoms with van der Waals surface area (Å²) in [6.07, 6.45) is 12.6. The number of anilines is 4. The number of thiazole rings is 2. The second-order valence-corrected chi connectivity index (χ2v) is 17.8. The standard InChI is InChI=1S/C45H37N12S2/c1-25-17-39(55(2)54-25)37-21-36-32(6-4-16-47-36)43(52-37)50-30-12-14-38-41(19-30)59-45(27-9-10-27)57(38)24-56-23-28(22-48-56)34-20-35-31(5-3-15-46-35)42(51-34)49-29-11-13-33-40(18-29)58-44(53-33)26-7-8-26/h3-6,11-23,26-27H,7-10,24H2,1-2H3,(H,49,51)(H,50,52)/q+1. The third-order valence-corrected chi connectivity index (χ3v) is 13.7. The van der Waals surface area contributed by atoms with Gasteiger partial charge in [0.1, 0.15) is 16.3 Å². The molecule has 12 nitrogen and oxygen atoms in total. The third-order valence-electron chi connectivity index (χ3n) is 11.2. The van der Waals surface area contributed by atoms with Gasteiger partial charge in [0.25, 0.3) is 0 Å². The molecule has 0 amide bonds. The van der Waals surface area contributed by atoms with Gasteiger partial charge in [0.2, 0.25) is 17.2 Å². The fourth-order valence-electron chi connectivity index (χ4n) is 7.95. The Morgan fingerprint density at radius 2 is 1.42 bits per heavy atom. The van der Waals surface area contributed by atoms with Crippen LogP contribution in [0.25, 0.3) is 64.9 Å². The summed E-state index contributed by atoms with van der Waals surface area (Å²) < 4.78 is 8.71. The molecular formula is C45H37N12S2+. The van der Waals surface area contributed by atoms with E-state index in [1.165, 1.54) is 50.6 Å². The van der Waals surface area contributed by atoms with Crippen molar-refractivity contribution < 1.29 is 4.57 Å². The van der Waals surface area contributed by atoms with E-state index in [2.05, 4.69) is 92.1 Å². The van der Waals surface area contributed by atoms with Crippen molar-refractivity contribution >= 4 is 87.9 Å². The number of rotatable bonds is 10. The van der Waals surface area contributed by atoms with Crippen LogP contribution in [0.1, 0.15) is 53.2 Å². The fraction of sp³-hybridized carbons (Fsp3) is 0.200. The SMILES string of the molecule is Cc1cc(-c2cc3ncccc3c(Nc3ccc4c(c3)sc(C3CC3)[n+]4Cn3cc(-c4cc5ncccc5c(Nc5ccc6nc(C7CC7)sc6c5)n4)cn3)n2)n(C)n1. The second-order valence-electron chi connectivity index (χ2n) is 15.6. The Morgan fingerprint density at radius 1 is 0.729 bits per heavy atom. The van der Waals surface area contributed by atoms with Crippen LogP contribution in [0.15, 0.2) is 104 Å². The Bertz CT molecular complexity index is 3280. The quantitative estimate of drug-likeness (QED) is 0.130. The molecule has 0 unspecified atom stereocenters. The van der Waals surface area contributed by atoms with Gasteiger partial charge in [-0.1, -0.05) is 11.3 Å². The summed E-state index contributed by atoms with van der Waals surface area (Å²) in [6, 6.07) is 27.1. The smallest absolute Gasteiger partial charge is 0.243 e. The van der Waals surface area contributed by atoms with Crippen LogP contribution >= 0.6 is 22.7 Å². The Hall–Kier alpha value is -6.64. The second kappa shape index (κ2) is 13.5. The molecule has 2 aliphatic rings. The predicted octanol–water partition coefficient (Wildman–Crippen LogP) is 10.0. The van der Waals surface area contributed by atoms with E-state index in [4.69, 9.17) is 25.0 Å². The highest BCUT2D eigenvalue weighted by Crippen LogP contribution is 2.44. The molecule has 0 bridgehead atoms. The highest BCUT2D eigenvalue weighted by molar-refractivity contribution is 7.18. The monoisotopic (exact) mass is 809 g/mol. The minimum atomic E-state index is 0.556. The molecule has 2 aliphatic carbocycles. The maximum absolute atomic E-state index is 5.16. The molecule has 10 aromatic rings. The number of hydrogen-bond acceptors (Lipinski definition) is 11. The molecule has 59 heavy (non-hydrogen) atoms. The van der Waals surface area contributed by atoms with Gasteiger partial charge in [-0.3, -0.25) is 14.6 Å². The van der Waals surface area contributed by atoms with Crippen molar-refractivity contribution in [2.45, 2.75) is 51.1 Å². The van der Waals surface area contributed by atoms with E-state index in [9.17, 15) is 0 Å². The van der Waals surface area contributed by atoms with Gasteiger partial charge in [0.05, 0.1) is 61.1 Å². The molecule has 12 rings (SSSR count). The Kier molecular flexibility index (Phi) is 7.85. The van der Waals surface area contributed by atoms with E-state index >= 15 is 0 Å². The number of aromatic nitrogens is 10. The molecule has 288 valence electrons. The molecule has 0 atom stereocenters. The van der Waals surface area contributed by atoms with Crippen LogP contribution < -0.4 is 15.2 Å². The number of fused-ring (bicyclic) bond motifs is 4. The molecule has 0 aliphatic heterocycles. The molecule has 2 aromatic carbocycles. The molecule has 0 saturated heterocycles. The summed E-state index contributed by atoms with van der Waals surface area (Å²) in [7, 11) is 1.95. The van der Waals surface area contributed by atoms with Crippen molar-refractivity contribution in [1.29, 1.82) is 0 Å². The zero-order chi connectivity index (χ0) is 39.2. The zero-order valence-corrected chi connectivity index (χ0v) is 33.9. The van der Waals surface area contributed by atoms with Crippen LogP contribution in [0.5, 0.6) is 0 Å². The van der Waals surface area contributed by atoms with E-state index < -0.39 is 0 Å². The average molecular weight is 810 g/mol. The highest BCUT2D eigenvalue weighted by atomic mass is 32.1. The first-order valence-corrected chi connectivity index (χ1v) is 21.6. The number of nitrogens with zero attached hydrogens (tertiary/aromatic N) is 10. The maximum atomic E-state index is 5.16. The lowest BCUT2D eigenvalue weighted by molar-refractivity contribution is -0.680. The summed E-state index contributed by atoms with van der Waals surface area (Å²) in [5.74, 6) is 2.72. The number of benzene rings is 2. The Morgan fingerprint density at radius 3 is 2.14 bits per heavy atom. The van der Waals surface area contributed by atoms with Crippen molar-refractivity contribution in [3.05, 3.63) is 119 Å². The molecular weight excluding hydrogens is 773 g/mol. The summed E-state index contributed by atoms with van der Waals surface area (Å²) in [5.41, 5.74) is 10.4. The van der Waals surface area contributed by atoms with E-state index in [1.54, 1.807) is 11.3 Å². The van der Waals surface area contributed by atoms with Gasteiger partial charge in [-0.15, -0.1) is 11.3 Å². The first-order valence-electron chi connectivity index (χ1n) is 19.9. The van der Waals surface area contributed by atoms with Crippen LogP contribution in [0.3, 0.4) is 0 Å². The van der Waals surface area contributed by atoms with Crippen LogP contribution in [-0.4, -0.2) is 44.5 Å². The molecule has 2 fully saturated rings. The minimum Gasteiger partial charge on any atom is -0.340 e. The van der Waals surface area contributed by atoms with Gasteiger partial charge in [0.15, 0.2) is 0 Å². The van der Waals surface area contributed by atoms with Crippen molar-refractivity contribution in [3.63, 3.8) is 0 Å². The van der Waals surface area contributed by atoms with Crippen LogP contribution in [0.2, 0.25) is 0 Å². The highest BCUT2D eigenvalue weighted by Gasteiger charge is 2.36. The summed E-state index contributed by atoms with van der Waals surface area (Å²) in [6.45, 7) is 2.59. The fourth-order valence-corrected chi connectivity index (χ4v) is 10.5. The predicted molar refractivity (Wildman–Crippen MR) is 235 cm³/mol. The van der Waals surface area contributed by atoms with E-state index in [0.29, 0.717) is 18.5 Å². The summed E-state index contributed by atoms with van der Waals surface area (Å²) >= 11 is 3.67. The largest absolute Gasteiger partial charge is 0.340 e. The first kappa shape index (κ1) is 34.4. The van der Waals surface area contributed by atoms with Gasteiger partial charge in [-0.05, 0) is 105 Å². The minimum absolute atomic E-state index is 0.556. The Labute approximate surface area is 346 Å². The molecule has 8 heterocycles. The Balaban J connectivity index is 0.849. The number of nitrogens with one attached hydrogen (secondary N) is 2. The molecule has 2 N–H and O–H groups in total. The summed E-state index contributed by atoms with van der Waals surface area (Å²) in [5, 5.41) is 21.2. The topological polar surface area (TPSA) is 128 Å². The lowest BCUT2D eigenvalue weighted by atomic mass is 10.1. The molecule has 2 saturated carbocycles. The lowest BCUT2D eigenvalue weighted by Gasteiger charge is -2.11. The van der Waals surface area contributed by atoms with Gasteiger partial charge in [-0.25, -0.2) is 19.6 Å². The normalized spacial score (nSPS) is 14.3. The van der Waals surface area contributed by atoms with Gasteiger partial charge >= 0.3 is 0 Å². The molecule has 14 heteroatoms. The molecule has 0 spiro atoms. The third kappa shape index (κ3) is 6.35. The van der Waals surface area contributed by atoms with E-state index in [1.807, 2.05) is 71.5 Å². The molecule has 0 radical (unpaired) electrons. The van der Waals surface area contributed by atoms with Gasteiger partial charge < -0.3 is 10.6 Å². The zero-order valence-electron chi connectivity index (χ0n) is 32.3. The van der Waals surface area contributed by atoms with Crippen molar-refractivity contribution in [1.82, 2.24) is 44.5 Å². The van der Waals surface area contributed by atoms with Gasteiger partial charge in [0, 0.05) is 65.3 Å². The molecule has 8 aromatic heterocycles. The van der Waals surface area contributed by atoms with Crippen molar-refractivity contribution in [2.75, 3.05) is 10.6 Å². The van der Waals surface area contributed by atoms with Gasteiger partial charge in [-0.2, -0.15) is 14.8 Å². The summed E-state index contributed by atoms with van der Waals surface area (Å²) in [4.78, 5) is 24.5. The lowest BCUT2D eigenvalue weighted by Crippen LogP contribution is -2.39. The van der Waals surface area contributed by atoms with Crippen LogP contribution in [0, 0.1) is 6.92 Å². The van der Waals surface area contributed by atoms with Crippen molar-refractivity contribution in [2.24, 2.45) is 7.05 Å². The number of pyridine rings is 4. The van der Waals surface area contributed by atoms with E-state index in [-0.39, 0.29) is 0 Å². The van der Waals surface area contributed by atoms with Crippen molar-refractivity contribution in [3.8, 4) is 22.6 Å². The van der Waals surface area contributed by atoms with E-state index in [0.717, 1.165) is 78.7 Å². The van der Waals surface area contributed by atoms with Crippen LogP contribution in [0.4, 0.5) is 23.0 Å². The average Bonchev–Trinajstić information content (AvgIpc) is 4.12.